The molecule has 2 aliphatic rings. The number of ether oxygens (including phenoxy) is 2. The third-order valence-electron chi connectivity index (χ3n) is 6.30. The van der Waals surface area contributed by atoms with Crippen LogP contribution in [0.5, 0.6) is 0 Å². The quantitative estimate of drug-likeness (QED) is 0.414. The van der Waals surface area contributed by atoms with E-state index in [9.17, 15) is 19.5 Å². The fourth-order valence-electron chi connectivity index (χ4n) is 4.36. The van der Waals surface area contributed by atoms with Crippen molar-refractivity contribution >= 4 is 18.0 Å². The molecule has 3 N–H and O–H groups in total. The SMILES string of the molecule is O=C(COCCNC(=O)OCC1c2ccccc2-c2ccccc21)NCC(CC1CC1)C(=O)O. The number of nitrogens with one attached hydrogen (secondary N) is 2. The van der Waals surface area contributed by atoms with Gasteiger partial charge in [-0.05, 0) is 34.6 Å². The van der Waals surface area contributed by atoms with Crippen molar-refractivity contribution in [1.29, 1.82) is 0 Å². The summed E-state index contributed by atoms with van der Waals surface area (Å²) in [6, 6.07) is 16.3. The molecule has 0 radical (unpaired) electrons. The molecule has 2 aromatic rings. The number of carboxylic acid groups (broad SMARTS) is 1. The summed E-state index contributed by atoms with van der Waals surface area (Å²) in [7, 11) is 0. The van der Waals surface area contributed by atoms with E-state index in [-0.39, 0.29) is 44.7 Å². The fraction of sp³-hybridized carbons (Fsp3) is 0.423. The van der Waals surface area contributed by atoms with Crippen molar-refractivity contribution in [3.05, 3.63) is 59.7 Å². The molecule has 0 saturated heterocycles. The Hall–Kier alpha value is -3.39. The van der Waals surface area contributed by atoms with Gasteiger partial charge in [-0.25, -0.2) is 4.79 Å². The second-order valence-electron chi connectivity index (χ2n) is 8.82. The number of rotatable bonds is 12. The van der Waals surface area contributed by atoms with Gasteiger partial charge in [0.25, 0.3) is 0 Å². The van der Waals surface area contributed by atoms with E-state index in [1.807, 2.05) is 24.3 Å². The number of fused-ring (bicyclic) bond motifs is 3. The first-order valence-electron chi connectivity index (χ1n) is 11.7. The largest absolute Gasteiger partial charge is 0.481 e. The van der Waals surface area contributed by atoms with E-state index >= 15 is 0 Å². The zero-order valence-corrected chi connectivity index (χ0v) is 19.0. The van der Waals surface area contributed by atoms with Crippen LogP contribution in [0.15, 0.2) is 48.5 Å². The van der Waals surface area contributed by atoms with Crippen LogP contribution in [0.25, 0.3) is 11.1 Å². The molecule has 34 heavy (non-hydrogen) atoms. The smallest absolute Gasteiger partial charge is 0.407 e. The first kappa shape index (κ1) is 23.8. The first-order valence-corrected chi connectivity index (χ1v) is 11.7. The molecule has 0 aliphatic heterocycles. The minimum atomic E-state index is -0.889. The maximum atomic E-state index is 12.1. The molecular formula is C26H30N2O6. The molecule has 0 aromatic heterocycles. The zero-order chi connectivity index (χ0) is 23.9. The highest BCUT2D eigenvalue weighted by Crippen LogP contribution is 2.44. The molecule has 8 nitrogen and oxygen atoms in total. The van der Waals surface area contributed by atoms with Crippen LogP contribution in [0.2, 0.25) is 0 Å². The molecule has 4 rings (SSSR count). The van der Waals surface area contributed by atoms with Gasteiger partial charge in [-0.3, -0.25) is 9.59 Å². The van der Waals surface area contributed by atoms with Crippen LogP contribution in [0.1, 0.15) is 36.3 Å². The van der Waals surface area contributed by atoms with Crippen molar-refractivity contribution in [1.82, 2.24) is 10.6 Å². The average molecular weight is 467 g/mol. The molecule has 2 aliphatic carbocycles. The summed E-state index contributed by atoms with van der Waals surface area (Å²) in [5.74, 6) is -1.36. The van der Waals surface area contributed by atoms with Crippen molar-refractivity contribution in [3.63, 3.8) is 0 Å². The van der Waals surface area contributed by atoms with Crippen molar-refractivity contribution in [3.8, 4) is 11.1 Å². The molecule has 0 bridgehead atoms. The van der Waals surface area contributed by atoms with E-state index in [4.69, 9.17) is 9.47 Å². The maximum Gasteiger partial charge on any atom is 0.407 e. The van der Waals surface area contributed by atoms with Gasteiger partial charge in [0, 0.05) is 19.0 Å². The Labute approximate surface area is 198 Å². The lowest BCUT2D eigenvalue weighted by Crippen LogP contribution is -2.36. The zero-order valence-electron chi connectivity index (χ0n) is 19.0. The van der Waals surface area contributed by atoms with E-state index in [1.54, 1.807) is 0 Å². The van der Waals surface area contributed by atoms with Crippen LogP contribution in [-0.4, -0.2) is 56.0 Å². The van der Waals surface area contributed by atoms with Gasteiger partial charge in [0.05, 0.1) is 12.5 Å². The molecule has 2 aromatic carbocycles. The molecule has 0 heterocycles. The first-order chi connectivity index (χ1) is 16.5. The normalized spacial score (nSPS) is 15.2. The monoisotopic (exact) mass is 466 g/mol. The van der Waals surface area contributed by atoms with Crippen LogP contribution < -0.4 is 10.6 Å². The topological polar surface area (TPSA) is 114 Å². The molecule has 1 unspecified atom stereocenters. The number of hydrogen-bond acceptors (Lipinski definition) is 5. The summed E-state index contributed by atoms with van der Waals surface area (Å²) in [5.41, 5.74) is 4.63. The Balaban J connectivity index is 1.12. The summed E-state index contributed by atoms with van der Waals surface area (Å²) >= 11 is 0. The Bertz CT molecular complexity index is 990. The van der Waals surface area contributed by atoms with Gasteiger partial charge < -0.3 is 25.2 Å². The van der Waals surface area contributed by atoms with Gasteiger partial charge in [-0.2, -0.15) is 0 Å². The van der Waals surface area contributed by atoms with Gasteiger partial charge in [-0.15, -0.1) is 0 Å². The molecule has 1 fully saturated rings. The minimum absolute atomic E-state index is 0.00682. The Kier molecular flexibility index (Phi) is 7.80. The third-order valence-corrected chi connectivity index (χ3v) is 6.30. The van der Waals surface area contributed by atoms with Crippen molar-refractivity contribution in [2.75, 3.05) is 32.9 Å². The standard InChI is InChI=1S/C26H30N2O6/c29-24(28-14-18(25(30)31)13-17-9-10-17)16-33-12-11-27-26(32)34-15-23-21-7-3-1-5-19(21)20-6-2-4-8-22(20)23/h1-8,17-18,23H,9-16H2,(H,27,32)(H,28,29)(H,30,31). The Morgan fingerprint density at radius 3 is 2.24 bits per heavy atom. The van der Waals surface area contributed by atoms with Crippen molar-refractivity contribution < 1.29 is 29.0 Å². The van der Waals surface area contributed by atoms with Crippen LogP contribution in [0.4, 0.5) is 4.79 Å². The highest BCUT2D eigenvalue weighted by atomic mass is 16.5. The predicted octanol–water partition coefficient (Wildman–Crippen LogP) is 3.16. The highest BCUT2D eigenvalue weighted by Gasteiger charge is 2.30. The van der Waals surface area contributed by atoms with E-state index in [2.05, 4.69) is 34.9 Å². The third kappa shape index (κ3) is 6.14. The number of alkyl carbamates (subject to hydrolysis) is 1. The molecule has 180 valence electrons. The van der Waals surface area contributed by atoms with Crippen LogP contribution >= 0.6 is 0 Å². The van der Waals surface area contributed by atoms with E-state index in [0.29, 0.717) is 12.3 Å². The molecule has 2 amide bonds. The number of carboxylic acids is 1. The number of hydrogen-bond donors (Lipinski definition) is 3. The van der Waals surface area contributed by atoms with Gasteiger partial charge >= 0.3 is 12.1 Å². The maximum absolute atomic E-state index is 12.1. The van der Waals surface area contributed by atoms with Gasteiger partial charge in [0.15, 0.2) is 0 Å². The lowest BCUT2D eigenvalue weighted by atomic mass is 9.98. The van der Waals surface area contributed by atoms with Crippen LogP contribution in [0.3, 0.4) is 0 Å². The summed E-state index contributed by atoms with van der Waals surface area (Å²) < 4.78 is 10.7. The van der Waals surface area contributed by atoms with Gasteiger partial charge in [0.2, 0.25) is 5.91 Å². The second-order valence-corrected chi connectivity index (χ2v) is 8.82. The van der Waals surface area contributed by atoms with E-state index < -0.39 is 18.0 Å². The van der Waals surface area contributed by atoms with Gasteiger partial charge in [0.1, 0.15) is 13.2 Å². The second kappa shape index (κ2) is 11.2. The molecule has 0 spiro atoms. The fourth-order valence-corrected chi connectivity index (χ4v) is 4.36. The average Bonchev–Trinajstić information content (AvgIpc) is 3.60. The Morgan fingerprint density at radius 2 is 1.62 bits per heavy atom. The Morgan fingerprint density at radius 1 is 0.971 bits per heavy atom. The summed E-state index contributed by atoms with van der Waals surface area (Å²) in [4.78, 5) is 35.3. The minimum Gasteiger partial charge on any atom is -0.481 e. The molecule has 8 heteroatoms. The summed E-state index contributed by atoms with van der Waals surface area (Å²) in [6.45, 7) is 0.480. The number of carbonyl (C=O) groups is 3. The van der Waals surface area contributed by atoms with E-state index in [1.165, 1.54) is 11.1 Å². The predicted molar refractivity (Wildman–Crippen MR) is 125 cm³/mol. The summed E-state index contributed by atoms with van der Waals surface area (Å²) in [6.07, 6.45) is 2.19. The van der Waals surface area contributed by atoms with Crippen LogP contribution in [0, 0.1) is 11.8 Å². The van der Waals surface area contributed by atoms with Gasteiger partial charge in [-0.1, -0.05) is 61.4 Å². The lowest BCUT2D eigenvalue weighted by Gasteiger charge is -2.15. The highest BCUT2D eigenvalue weighted by molar-refractivity contribution is 5.79. The number of benzene rings is 2. The van der Waals surface area contributed by atoms with Crippen LogP contribution in [-0.2, 0) is 19.1 Å². The molecule has 1 saturated carbocycles. The summed E-state index contributed by atoms with van der Waals surface area (Å²) in [5, 5.41) is 14.5. The number of carbonyl (C=O) groups excluding carboxylic acids is 2. The lowest BCUT2D eigenvalue weighted by molar-refractivity contribution is -0.142. The molecule has 1 atom stereocenters. The number of aliphatic carboxylic acids is 1. The van der Waals surface area contributed by atoms with Crippen molar-refractivity contribution in [2.24, 2.45) is 11.8 Å². The van der Waals surface area contributed by atoms with E-state index in [0.717, 1.165) is 24.0 Å². The number of amides is 2. The molecular weight excluding hydrogens is 436 g/mol. The van der Waals surface area contributed by atoms with Crippen molar-refractivity contribution in [2.45, 2.75) is 25.2 Å².